The van der Waals surface area contributed by atoms with Gasteiger partial charge in [0.2, 0.25) is 5.95 Å². The lowest BCUT2D eigenvalue weighted by atomic mass is 9.95. The van der Waals surface area contributed by atoms with Crippen LogP contribution in [0.25, 0.3) is 0 Å². The molecule has 4 rings (SSSR count). The van der Waals surface area contributed by atoms with Gasteiger partial charge in [-0.3, -0.25) is 4.79 Å². The molecule has 0 fully saturated rings. The number of phenolic OH excluding ortho intramolecular Hbond substituents is 1. The van der Waals surface area contributed by atoms with Gasteiger partial charge in [0.15, 0.2) is 0 Å². The van der Waals surface area contributed by atoms with E-state index in [4.69, 9.17) is 4.74 Å². The predicted molar refractivity (Wildman–Crippen MR) is 104 cm³/mol. The molecule has 3 N–H and O–H groups in total. The number of nitrogens with zero attached hydrogens (tertiary/aromatic N) is 3. The fourth-order valence-electron chi connectivity index (χ4n) is 3.33. The molecule has 0 radical (unpaired) electrons. The van der Waals surface area contributed by atoms with Crippen molar-refractivity contribution in [2.45, 2.75) is 13.0 Å². The van der Waals surface area contributed by atoms with Crippen LogP contribution in [-0.2, 0) is 4.79 Å². The molecule has 0 saturated heterocycles. The lowest BCUT2D eigenvalue weighted by Gasteiger charge is -2.29. The van der Waals surface area contributed by atoms with Gasteiger partial charge >= 0.3 is 0 Å². The SMILES string of the molecule is COc1ccccc1NC(=O)C1=C(C)Nc2ncnn2[C@H]1c1cccc(O)c1. The van der Waals surface area contributed by atoms with Crippen molar-refractivity contribution in [1.82, 2.24) is 14.8 Å². The molecule has 8 heteroatoms. The van der Waals surface area contributed by atoms with E-state index in [0.717, 1.165) is 5.56 Å². The largest absolute Gasteiger partial charge is 0.508 e. The third-order valence-corrected chi connectivity index (χ3v) is 4.58. The van der Waals surface area contributed by atoms with Crippen LogP contribution >= 0.6 is 0 Å². The minimum Gasteiger partial charge on any atom is -0.508 e. The monoisotopic (exact) mass is 377 g/mol. The molecule has 0 bridgehead atoms. The number of phenols is 1. The molecule has 0 saturated carbocycles. The number of methoxy groups -OCH3 is 1. The topological polar surface area (TPSA) is 101 Å². The Morgan fingerprint density at radius 1 is 1.25 bits per heavy atom. The third-order valence-electron chi connectivity index (χ3n) is 4.58. The Morgan fingerprint density at radius 3 is 2.86 bits per heavy atom. The van der Waals surface area contributed by atoms with Gasteiger partial charge in [0, 0.05) is 5.70 Å². The molecule has 1 aliphatic heterocycles. The van der Waals surface area contributed by atoms with Crippen LogP contribution in [0, 0.1) is 0 Å². The third kappa shape index (κ3) is 3.05. The quantitative estimate of drug-likeness (QED) is 0.646. The van der Waals surface area contributed by atoms with Gasteiger partial charge in [0.1, 0.15) is 23.9 Å². The van der Waals surface area contributed by atoms with E-state index in [0.29, 0.717) is 28.7 Å². The Labute approximate surface area is 161 Å². The van der Waals surface area contributed by atoms with E-state index in [-0.39, 0.29) is 11.7 Å². The second kappa shape index (κ2) is 7.07. The maximum absolute atomic E-state index is 13.3. The molecule has 8 nitrogen and oxygen atoms in total. The van der Waals surface area contributed by atoms with Crippen LogP contribution in [0.1, 0.15) is 18.5 Å². The molecule has 3 aromatic rings. The molecular weight excluding hydrogens is 358 g/mol. The minimum atomic E-state index is -0.541. The highest BCUT2D eigenvalue weighted by molar-refractivity contribution is 6.06. The van der Waals surface area contributed by atoms with Gasteiger partial charge < -0.3 is 20.5 Å². The summed E-state index contributed by atoms with van der Waals surface area (Å²) in [5.41, 5.74) is 2.41. The van der Waals surface area contributed by atoms with E-state index >= 15 is 0 Å². The molecule has 2 heterocycles. The number of aromatic nitrogens is 3. The number of benzene rings is 2. The second-order valence-electron chi connectivity index (χ2n) is 6.34. The Balaban J connectivity index is 1.77. The molecule has 28 heavy (non-hydrogen) atoms. The van der Waals surface area contributed by atoms with E-state index in [2.05, 4.69) is 20.7 Å². The lowest BCUT2D eigenvalue weighted by molar-refractivity contribution is -0.113. The van der Waals surface area contributed by atoms with Crippen molar-refractivity contribution >= 4 is 17.5 Å². The first-order valence-corrected chi connectivity index (χ1v) is 8.69. The summed E-state index contributed by atoms with van der Waals surface area (Å²) < 4.78 is 6.95. The number of nitrogens with one attached hydrogen (secondary N) is 2. The zero-order chi connectivity index (χ0) is 19.7. The van der Waals surface area contributed by atoms with Crippen LogP contribution in [0.5, 0.6) is 11.5 Å². The van der Waals surface area contributed by atoms with E-state index in [1.54, 1.807) is 42.1 Å². The molecule has 0 unspecified atom stereocenters. The van der Waals surface area contributed by atoms with Crippen molar-refractivity contribution in [1.29, 1.82) is 0 Å². The fraction of sp³-hybridized carbons (Fsp3) is 0.150. The number of carbonyl (C=O) groups excluding carboxylic acids is 1. The summed E-state index contributed by atoms with van der Waals surface area (Å²) >= 11 is 0. The fourth-order valence-corrected chi connectivity index (χ4v) is 3.33. The van der Waals surface area contributed by atoms with Gasteiger partial charge in [-0.2, -0.15) is 10.1 Å². The maximum atomic E-state index is 13.3. The Bertz CT molecular complexity index is 1070. The second-order valence-corrected chi connectivity index (χ2v) is 6.34. The zero-order valence-electron chi connectivity index (χ0n) is 15.4. The van der Waals surface area contributed by atoms with Crippen molar-refractivity contribution in [3.63, 3.8) is 0 Å². The normalized spacial score (nSPS) is 15.6. The van der Waals surface area contributed by atoms with E-state index < -0.39 is 6.04 Å². The van der Waals surface area contributed by atoms with Crippen LogP contribution in [0.15, 0.2) is 66.1 Å². The molecule has 1 atom stereocenters. The van der Waals surface area contributed by atoms with Gasteiger partial charge in [0.05, 0.1) is 18.4 Å². The number of hydrogen-bond acceptors (Lipinski definition) is 6. The van der Waals surface area contributed by atoms with Crippen LogP contribution in [-0.4, -0.2) is 32.9 Å². The molecule has 1 amide bonds. The number of carbonyl (C=O) groups is 1. The molecule has 2 aromatic carbocycles. The molecule has 1 aromatic heterocycles. The number of allylic oxidation sites excluding steroid dienone is 1. The highest BCUT2D eigenvalue weighted by Crippen LogP contribution is 2.36. The Kier molecular flexibility index (Phi) is 4.44. The number of hydrogen-bond donors (Lipinski definition) is 3. The number of anilines is 2. The summed E-state index contributed by atoms with van der Waals surface area (Å²) in [7, 11) is 1.55. The first-order chi connectivity index (χ1) is 13.6. The first kappa shape index (κ1) is 17.6. The summed E-state index contributed by atoms with van der Waals surface area (Å²) in [6, 6.07) is 13.4. The number of para-hydroxylation sites is 2. The van der Waals surface area contributed by atoms with Crippen LogP contribution < -0.4 is 15.4 Å². The summed E-state index contributed by atoms with van der Waals surface area (Å²) in [4.78, 5) is 17.5. The molecule has 142 valence electrons. The van der Waals surface area contributed by atoms with Crippen molar-refractivity contribution < 1.29 is 14.6 Å². The Hall–Kier alpha value is -3.81. The zero-order valence-corrected chi connectivity index (χ0v) is 15.4. The van der Waals surface area contributed by atoms with Crippen LogP contribution in [0.3, 0.4) is 0 Å². The average molecular weight is 377 g/mol. The summed E-state index contributed by atoms with van der Waals surface area (Å²) in [5, 5.41) is 20.2. The van der Waals surface area contributed by atoms with E-state index in [9.17, 15) is 9.90 Å². The Morgan fingerprint density at radius 2 is 2.07 bits per heavy atom. The summed E-state index contributed by atoms with van der Waals surface area (Å²) in [6.07, 6.45) is 1.42. The number of fused-ring (bicyclic) bond motifs is 1. The van der Waals surface area contributed by atoms with Crippen molar-refractivity contribution in [3.05, 3.63) is 71.7 Å². The van der Waals surface area contributed by atoms with Gasteiger partial charge in [0.25, 0.3) is 5.91 Å². The number of amides is 1. The predicted octanol–water partition coefficient (Wildman–Crippen LogP) is 2.92. The molecule has 1 aliphatic rings. The lowest BCUT2D eigenvalue weighted by Crippen LogP contribution is -2.31. The smallest absolute Gasteiger partial charge is 0.255 e. The van der Waals surface area contributed by atoms with Gasteiger partial charge in [-0.15, -0.1) is 0 Å². The number of rotatable bonds is 4. The molecule has 0 aliphatic carbocycles. The van der Waals surface area contributed by atoms with Crippen molar-refractivity contribution in [2.24, 2.45) is 0 Å². The standard InChI is InChI=1S/C20H19N5O3/c1-12-17(19(27)24-15-8-3-4-9-16(15)28-2)18(13-6-5-7-14(26)10-13)25-20(23-12)21-11-22-25/h3-11,18,26H,1-2H3,(H,24,27)(H,21,22,23)/t18-/m0/s1. The summed E-state index contributed by atoms with van der Waals surface area (Å²) in [6.45, 7) is 1.81. The van der Waals surface area contributed by atoms with E-state index in [1.165, 1.54) is 6.33 Å². The highest BCUT2D eigenvalue weighted by Gasteiger charge is 2.33. The minimum absolute atomic E-state index is 0.111. The van der Waals surface area contributed by atoms with Crippen LogP contribution in [0.2, 0.25) is 0 Å². The van der Waals surface area contributed by atoms with Gasteiger partial charge in [-0.25, -0.2) is 4.68 Å². The van der Waals surface area contributed by atoms with Crippen molar-refractivity contribution in [2.75, 3.05) is 17.7 Å². The molecule has 0 spiro atoms. The van der Waals surface area contributed by atoms with Crippen LogP contribution in [0.4, 0.5) is 11.6 Å². The summed E-state index contributed by atoms with van der Waals surface area (Å²) in [5.74, 6) is 0.900. The van der Waals surface area contributed by atoms with Crippen molar-refractivity contribution in [3.8, 4) is 11.5 Å². The van der Waals surface area contributed by atoms with E-state index in [1.807, 2.05) is 25.1 Å². The number of aromatic hydroxyl groups is 1. The highest BCUT2D eigenvalue weighted by atomic mass is 16.5. The average Bonchev–Trinajstić information content (AvgIpc) is 3.15. The molecular formula is C20H19N5O3. The first-order valence-electron chi connectivity index (χ1n) is 8.69. The van der Waals surface area contributed by atoms with Gasteiger partial charge in [-0.1, -0.05) is 24.3 Å². The number of ether oxygens (including phenoxy) is 1. The maximum Gasteiger partial charge on any atom is 0.255 e. The van der Waals surface area contributed by atoms with Gasteiger partial charge in [-0.05, 0) is 36.8 Å².